The first-order valence-corrected chi connectivity index (χ1v) is 10.6. The number of piperidine rings is 1. The van der Waals surface area contributed by atoms with Crippen molar-refractivity contribution in [2.45, 2.75) is 51.6 Å². The largest absolute Gasteiger partial charge is 0.481 e. The minimum Gasteiger partial charge on any atom is -0.481 e. The molecule has 7 nitrogen and oxygen atoms in total. The van der Waals surface area contributed by atoms with Crippen LogP contribution < -0.4 is 0 Å². The van der Waals surface area contributed by atoms with Crippen molar-refractivity contribution in [2.24, 2.45) is 5.92 Å². The molecule has 0 spiro atoms. The molecule has 0 aliphatic carbocycles. The molecule has 1 aromatic rings. The van der Waals surface area contributed by atoms with E-state index in [9.17, 15) is 9.90 Å². The van der Waals surface area contributed by atoms with Crippen molar-refractivity contribution < 1.29 is 9.90 Å². The molecule has 2 atom stereocenters. The summed E-state index contributed by atoms with van der Waals surface area (Å²) < 4.78 is 0. The fraction of sp³-hybridized carbons (Fsp3) is 0.762. The first-order valence-electron chi connectivity index (χ1n) is 10.6. The standard InChI is InChI=1S/C21H35N5O2/c1-16(2)21-22-12-17(13-23-21)14-25-7-6-19(18(15-25)4-5-20(27)28)26-10-8-24(3)9-11-26/h12-13,16,18-19H,4-11,14-15H2,1-3H3,(H,27,28)/t18-,19+/m0/s1. The molecule has 0 aromatic carbocycles. The van der Waals surface area contributed by atoms with Crippen LogP contribution in [0.1, 0.15) is 50.4 Å². The highest BCUT2D eigenvalue weighted by atomic mass is 16.4. The Bertz CT molecular complexity index is 628. The van der Waals surface area contributed by atoms with Crippen LogP contribution in [0.5, 0.6) is 0 Å². The van der Waals surface area contributed by atoms with Crippen LogP contribution in [0, 0.1) is 5.92 Å². The summed E-state index contributed by atoms with van der Waals surface area (Å²) in [4.78, 5) is 27.6. The maximum atomic E-state index is 11.2. The number of piperazine rings is 1. The number of nitrogens with zero attached hydrogens (tertiary/aromatic N) is 5. The third-order valence-corrected chi connectivity index (χ3v) is 6.16. The van der Waals surface area contributed by atoms with Gasteiger partial charge in [0.05, 0.1) is 0 Å². The minimum atomic E-state index is -0.688. The summed E-state index contributed by atoms with van der Waals surface area (Å²) in [6.45, 7) is 11.4. The van der Waals surface area contributed by atoms with Crippen LogP contribution in [-0.4, -0.2) is 88.1 Å². The van der Waals surface area contributed by atoms with Gasteiger partial charge in [0.15, 0.2) is 0 Å². The molecule has 2 saturated heterocycles. The fourth-order valence-electron chi connectivity index (χ4n) is 4.47. The monoisotopic (exact) mass is 389 g/mol. The van der Waals surface area contributed by atoms with Gasteiger partial charge < -0.3 is 10.0 Å². The van der Waals surface area contributed by atoms with Crippen LogP contribution in [0.15, 0.2) is 12.4 Å². The Labute approximate surface area is 168 Å². The van der Waals surface area contributed by atoms with Gasteiger partial charge in [-0.25, -0.2) is 9.97 Å². The first kappa shape index (κ1) is 21.1. The zero-order valence-corrected chi connectivity index (χ0v) is 17.5. The van der Waals surface area contributed by atoms with Crippen molar-refractivity contribution in [1.29, 1.82) is 0 Å². The molecule has 2 aliphatic rings. The van der Waals surface area contributed by atoms with E-state index in [-0.39, 0.29) is 6.42 Å². The molecule has 2 fully saturated rings. The summed E-state index contributed by atoms with van der Waals surface area (Å²) in [7, 11) is 2.18. The van der Waals surface area contributed by atoms with E-state index in [4.69, 9.17) is 0 Å². The number of aliphatic carboxylic acids is 1. The van der Waals surface area contributed by atoms with Gasteiger partial charge in [-0.15, -0.1) is 0 Å². The van der Waals surface area contributed by atoms with Gasteiger partial charge in [0.1, 0.15) is 5.82 Å². The van der Waals surface area contributed by atoms with Crippen molar-refractivity contribution in [3.8, 4) is 0 Å². The van der Waals surface area contributed by atoms with Crippen LogP contribution in [0.25, 0.3) is 0 Å². The molecule has 0 amide bonds. The van der Waals surface area contributed by atoms with E-state index < -0.39 is 5.97 Å². The van der Waals surface area contributed by atoms with Crippen molar-refractivity contribution in [1.82, 2.24) is 24.7 Å². The summed E-state index contributed by atoms with van der Waals surface area (Å²) in [5, 5.41) is 9.20. The van der Waals surface area contributed by atoms with E-state index in [0.717, 1.165) is 70.0 Å². The Morgan fingerprint density at radius 3 is 2.46 bits per heavy atom. The SMILES string of the molecule is CC(C)c1ncc(CN2CC[C@@H](N3CCN(C)CC3)[C@@H](CCC(=O)O)C2)cn1. The predicted octanol–water partition coefficient (Wildman–Crippen LogP) is 1.90. The number of carboxylic acids is 1. The Morgan fingerprint density at radius 1 is 1.18 bits per heavy atom. The Hall–Kier alpha value is -1.57. The van der Waals surface area contributed by atoms with Crippen LogP contribution in [0.3, 0.4) is 0 Å². The van der Waals surface area contributed by atoms with E-state index in [1.165, 1.54) is 0 Å². The number of carboxylic acid groups (broad SMARTS) is 1. The predicted molar refractivity (Wildman–Crippen MR) is 109 cm³/mol. The van der Waals surface area contributed by atoms with E-state index in [0.29, 0.717) is 17.9 Å². The Kier molecular flexibility index (Phi) is 7.37. The number of carbonyl (C=O) groups is 1. The van der Waals surface area contributed by atoms with Crippen molar-refractivity contribution >= 4 is 5.97 Å². The Balaban J connectivity index is 1.61. The minimum absolute atomic E-state index is 0.259. The quantitative estimate of drug-likeness (QED) is 0.763. The van der Waals surface area contributed by atoms with Crippen LogP contribution in [0.4, 0.5) is 0 Å². The second-order valence-electron chi connectivity index (χ2n) is 8.73. The number of rotatable bonds is 7. The number of hydrogen-bond donors (Lipinski definition) is 1. The molecular weight excluding hydrogens is 354 g/mol. The summed E-state index contributed by atoms with van der Waals surface area (Å²) in [6, 6.07) is 0.504. The number of likely N-dealkylation sites (tertiary alicyclic amines) is 1. The van der Waals surface area contributed by atoms with Crippen molar-refractivity contribution in [2.75, 3.05) is 46.3 Å². The topological polar surface area (TPSA) is 72.8 Å². The zero-order chi connectivity index (χ0) is 20.1. The fourth-order valence-corrected chi connectivity index (χ4v) is 4.47. The van der Waals surface area contributed by atoms with Gasteiger partial charge in [0, 0.05) is 75.6 Å². The number of aromatic nitrogens is 2. The second kappa shape index (κ2) is 9.76. The summed E-state index contributed by atoms with van der Waals surface area (Å²) >= 11 is 0. The third kappa shape index (κ3) is 5.72. The molecule has 2 aliphatic heterocycles. The summed E-state index contributed by atoms with van der Waals surface area (Å²) in [5.41, 5.74) is 1.14. The van der Waals surface area contributed by atoms with Gasteiger partial charge >= 0.3 is 5.97 Å². The smallest absolute Gasteiger partial charge is 0.303 e. The van der Waals surface area contributed by atoms with E-state index in [1.54, 1.807) is 0 Å². The molecule has 156 valence electrons. The zero-order valence-electron chi connectivity index (χ0n) is 17.5. The van der Waals surface area contributed by atoms with E-state index in [1.807, 2.05) is 12.4 Å². The lowest BCUT2D eigenvalue weighted by atomic mass is 9.86. The molecule has 3 rings (SSSR count). The highest BCUT2D eigenvalue weighted by Crippen LogP contribution is 2.28. The van der Waals surface area contributed by atoms with Gasteiger partial charge in [-0.2, -0.15) is 0 Å². The molecule has 0 bridgehead atoms. The molecule has 0 radical (unpaired) electrons. The van der Waals surface area contributed by atoms with Crippen LogP contribution >= 0.6 is 0 Å². The lowest BCUT2D eigenvalue weighted by molar-refractivity contribution is -0.137. The molecule has 3 heterocycles. The summed E-state index contributed by atoms with van der Waals surface area (Å²) in [6.07, 6.45) is 6.02. The molecule has 0 saturated carbocycles. The van der Waals surface area contributed by atoms with Crippen molar-refractivity contribution in [3.63, 3.8) is 0 Å². The number of likely N-dealkylation sites (N-methyl/N-ethyl adjacent to an activating group) is 1. The molecule has 1 aromatic heterocycles. The maximum absolute atomic E-state index is 11.2. The van der Waals surface area contributed by atoms with E-state index >= 15 is 0 Å². The van der Waals surface area contributed by atoms with Crippen LogP contribution in [-0.2, 0) is 11.3 Å². The van der Waals surface area contributed by atoms with Gasteiger partial charge in [-0.3, -0.25) is 14.6 Å². The second-order valence-corrected chi connectivity index (χ2v) is 8.73. The number of hydrogen-bond acceptors (Lipinski definition) is 6. The lowest BCUT2D eigenvalue weighted by Crippen LogP contribution is -2.56. The molecule has 28 heavy (non-hydrogen) atoms. The molecular formula is C21H35N5O2. The average molecular weight is 390 g/mol. The first-order chi connectivity index (χ1) is 13.4. The average Bonchev–Trinajstić information content (AvgIpc) is 2.68. The van der Waals surface area contributed by atoms with Gasteiger partial charge in [0.2, 0.25) is 0 Å². The van der Waals surface area contributed by atoms with Crippen molar-refractivity contribution in [3.05, 3.63) is 23.8 Å². The third-order valence-electron chi connectivity index (χ3n) is 6.16. The lowest BCUT2D eigenvalue weighted by Gasteiger charge is -2.46. The molecule has 1 N–H and O–H groups in total. The highest BCUT2D eigenvalue weighted by Gasteiger charge is 2.34. The highest BCUT2D eigenvalue weighted by molar-refractivity contribution is 5.66. The molecule has 0 unspecified atom stereocenters. The van der Waals surface area contributed by atoms with Crippen LogP contribution in [0.2, 0.25) is 0 Å². The van der Waals surface area contributed by atoms with Gasteiger partial charge in [0.25, 0.3) is 0 Å². The normalized spacial score (nSPS) is 25.3. The van der Waals surface area contributed by atoms with E-state index in [2.05, 4.69) is 45.6 Å². The Morgan fingerprint density at radius 2 is 1.86 bits per heavy atom. The maximum Gasteiger partial charge on any atom is 0.303 e. The summed E-state index contributed by atoms with van der Waals surface area (Å²) in [5.74, 6) is 0.946. The van der Waals surface area contributed by atoms with Gasteiger partial charge in [-0.1, -0.05) is 13.8 Å². The molecule has 7 heteroatoms. The van der Waals surface area contributed by atoms with Gasteiger partial charge in [-0.05, 0) is 32.4 Å².